The monoisotopic (exact) mass is 450 g/mol. The second-order valence-electron chi connectivity index (χ2n) is 8.38. The fourth-order valence-electron chi connectivity index (χ4n) is 3.82. The van der Waals surface area contributed by atoms with Gasteiger partial charge in [0.1, 0.15) is 5.69 Å². The molecule has 8 heteroatoms. The Morgan fingerprint density at radius 1 is 1.09 bits per heavy atom. The Morgan fingerprint density at radius 2 is 1.85 bits per heavy atom. The maximum absolute atomic E-state index is 12.8. The zero-order valence-corrected chi connectivity index (χ0v) is 19.1. The van der Waals surface area contributed by atoms with E-state index >= 15 is 0 Å². The molecule has 0 saturated carbocycles. The number of ketones is 2. The molecule has 3 aromatic rings. The summed E-state index contributed by atoms with van der Waals surface area (Å²) in [6.45, 7) is 7.76. The van der Waals surface area contributed by atoms with E-state index in [1.807, 2.05) is 36.6 Å². The molecule has 0 bridgehead atoms. The van der Waals surface area contributed by atoms with Gasteiger partial charge in [-0.3, -0.25) is 9.59 Å². The first-order valence-corrected chi connectivity index (χ1v) is 10.7. The van der Waals surface area contributed by atoms with Crippen LogP contribution in [0.2, 0.25) is 0 Å². The molecule has 1 aromatic carbocycles. The predicted octanol–water partition coefficient (Wildman–Crippen LogP) is 4.09. The number of carbonyl (C=O) groups excluding carboxylic acids is 3. The van der Waals surface area contributed by atoms with Gasteiger partial charge in [-0.2, -0.15) is 0 Å². The van der Waals surface area contributed by atoms with Gasteiger partial charge in [0.2, 0.25) is 12.6 Å². The highest BCUT2D eigenvalue weighted by atomic mass is 16.7. The number of nitrogens with zero attached hydrogens (tertiary/aromatic N) is 1. The Labute approximate surface area is 191 Å². The van der Waals surface area contributed by atoms with Crippen LogP contribution in [0.3, 0.4) is 0 Å². The Hall–Kier alpha value is -3.81. The number of Topliss-reactive ketones (excluding diaryl/α,β-unsaturated/α-hetero) is 2. The third-order valence-electron chi connectivity index (χ3n) is 5.70. The second-order valence-corrected chi connectivity index (χ2v) is 8.38. The first kappa shape index (κ1) is 22.4. The van der Waals surface area contributed by atoms with Crippen molar-refractivity contribution in [2.24, 2.45) is 5.92 Å². The summed E-state index contributed by atoms with van der Waals surface area (Å²) < 4.78 is 18.0. The number of nitrogens with one attached hydrogen (secondary N) is 1. The van der Waals surface area contributed by atoms with Gasteiger partial charge in [-0.15, -0.1) is 0 Å². The largest absolute Gasteiger partial charge is 0.454 e. The molecule has 1 aliphatic rings. The number of fused-ring (bicyclic) bond motifs is 1. The van der Waals surface area contributed by atoms with E-state index in [-0.39, 0.29) is 36.6 Å². The fourth-order valence-corrected chi connectivity index (χ4v) is 3.82. The average Bonchev–Trinajstić information content (AvgIpc) is 3.52. The van der Waals surface area contributed by atoms with Crippen LogP contribution in [-0.4, -0.2) is 40.5 Å². The van der Waals surface area contributed by atoms with Gasteiger partial charge < -0.3 is 23.8 Å². The van der Waals surface area contributed by atoms with E-state index in [1.54, 1.807) is 19.9 Å². The van der Waals surface area contributed by atoms with Crippen molar-refractivity contribution >= 4 is 17.5 Å². The van der Waals surface area contributed by atoms with E-state index in [0.29, 0.717) is 23.4 Å². The van der Waals surface area contributed by atoms with Gasteiger partial charge >= 0.3 is 5.97 Å². The minimum absolute atomic E-state index is 0.0729. The van der Waals surface area contributed by atoms with E-state index in [2.05, 4.69) is 4.98 Å². The molecule has 0 fully saturated rings. The highest BCUT2D eigenvalue weighted by molar-refractivity contribution is 6.02. The number of H-pyrrole nitrogens is 1. The average molecular weight is 450 g/mol. The quantitative estimate of drug-likeness (QED) is 0.410. The zero-order chi connectivity index (χ0) is 23.7. The summed E-state index contributed by atoms with van der Waals surface area (Å²) in [7, 11) is 0. The van der Waals surface area contributed by atoms with Gasteiger partial charge in [0, 0.05) is 41.2 Å². The normalized spacial score (nSPS) is 12.3. The lowest BCUT2D eigenvalue weighted by Crippen LogP contribution is -2.15. The van der Waals surface area contributed by atoms with Crippen LogP contribution in [0.25, 0.3) is 0 Å². The molecule has 3 heterocycles. The Bertz CT molecular complexity index is 1230. The maximum Gasteiger partial charge on any atom is 0.355 e. The molecule has 0 saturated heterocycles. The maximum atomic E-state index is 12.8. The molecule has 0 atom stereocenters. The number of aryl methyl sites for hydroxylation is 1. The van der Waals surface area contributed by atoms with Gasteiger partial charge in [-0.25, -0.2) is 4.79 Å². The van der Waals surface area contributed by atoms with Crippen LogP contribution in [0.15, 0.2) is 36.5 Å². The molecular formula is C25H26N2O6. The van der Waals surface area contributed by atoms with Crippen molar-refractivity contribution in [3.05, 3.63) is 70.3 Å². The molecule has 2 aromatic heterocycles. The van der Waals surface area contributed by atoms with Crippen LogP contribution in [0.5, 0.6) is 11.5 Å². The topological polar surface area (TPSA) is 99.6 Å². The summed E-state index contributed by atoms with van der Waals surface area (Å²) in [6.07, 6.45) is 1.48. The molecule has 0 spiro atoms. The second kappa shape index (κ2) is 8.97. The summed E-state index contributed by atoms with van der Waals surface area (Å²) in [6, 6.07) is 9.01. The minimum Gasteiger partial charge on any atom is -0.454 e. The van der Waals surface area contributed by atoms with Gasteiger partial charge in [0.05, 0.1) is 0 Å². The van der Waals surface area contributed by atoms with Crippen molar-refractivity contribution in [2.75, 3.05) is 13.4 Å². The van der Waals surface area contributed by atoms with Crippen molar-refractivity contribution in [3.63, 3.8) is 0 Å². The van der Waals surface area contributed by atoms with Crippen LogP contribution in [0.1, 0.15) is 62.0 Å². The number of hydrogen-bond acceptors (Lipinski definition) is 6. The molecular weight excluding hydrogens is 424 g/mol. The van der Waals surface area contributed by atoms with E-state index in [9.17, 15) is 14.4 Å². The van der Waals surface area contributed by atoms with Gasteiger partial charge in [0.25, 0.3) is 0 Å². The third-order valence-corrected chi connectivity index (χ3v) is 5.70. The first-order chi connectivity index (χ1) is 15.7. The fraction of sp³-hybridized carbons (Fsp3) is 0.320. The number of aromatic nitrogens is 2. The number of carbonyl (C=O) groups is 3. The molecule has 0 amide bonds. The lowest BCUT2D eigenvalue weighted by atomic mass is 10.0. The molecule has 1 aliphatic heterocycles. The summed E-state index contributed by atoms with van der Waals surface area (Å²) in [5, 5.41) is 0. The first-order valence-electron chi connectivity index (χ1n) is 10.7. The standard InChI is InChI=1S/C25H26N2O6/c1-14(2)24(29)18-9-20(26-10-18)25(30)31-12-21(28)19-7-15(3)27(16(19)4)11-17-5-6-22-23(8-17)33-13-32-22/h5-10,14,26H,11-13H2,1-4H3. The summed E-state index contributed by atoms with van der Waals surface area (Å²) in [5.74, 6) is 0.204. The molecule has 1 N–H and O–H groups in total. The van der Waals surface area contributed by atoms with E-state index < -0.39 is 5.97 Å². The summed E-state index contributed by atoms with van der Waals surface area (Å²) in [4.78, 5) is 39.9. The Morgan fingerprint density at radius 3 is 2.61 bits per heavy atom. The van der Waals surface area contributed by atoms with Crippen LogP contribution in [-0.2, 0) is 11.3 Å². The molecule has 172 valence electrons. The van der Waals surface area contributed by atoms with Crippen molar-refractivity contribution in [1.82, 2.24) is 9.55 Å². The van der Waals surface area contributed by atoms with E-state index in [1.165, 1.54) is 12.3 Å². The van der Waals surface area contributed by atoms with Crippen molar-refractivity contribution < 1.29 is 28.6 Å². The lowest BCUT2D eigenvalue weighted by Gasteiger charge is -2.11. The van der Waals surface area contributed by atoms with Crippen molar-refractivity contribution in [2.45, 2.75) is 34.2 Å². The van der Waals surface area contributed by atoms with Gasteiger partial charge in [0.15, 0.2) is 23.9 Å². The number of rotatable bonds is 8. The molecule has 0 aliphatic carbocycles. The lowest BCUT2D eigenvalue weighted by molar-refractivity contribution is 0.0469. The molecule has 0 unspecified atom stereocenters. The highest BCUT2D eigenvalue weighted by Crippen LogP contribution is 2.33. The number of esters is 1. The van der Waals surface area contributed by atoms with E-state index in [4.69, 9.17) is 14.2 Å². The van der Waals surface area contributed by atoms with Crippen LogP contribution >= 0.6 is 0 Å². The predicted molar refractivity (Wildman–Crippen MR) is 120 cm³/mol. The third kappa shape index (κ3) is 4.55. The summed E-state index contributed by atoms with van der Waals surface area (Å²) >= 11 is 0. The van der Waals surface area contributed by atoms with Gasteiger partial charge in [-0.05, 0) is 43.7 Å². The number of aromatic amines is 1. The van der Waals surface area contributed by atoms with E-state index in [0.717, 1.165) is 22.7 Å². The zero-order valence-electron chi connectivity index (χ0n) is 19.1. The smallest absolute Gasteiger partial charge is 0.355 e. The molecule has 4 rings (SSSR count). The highest BCUT2D eigenvalue weighted by Gasteiger charge is 2.21. The van der Waals surface area contributed by atoms with Crippen LogP contribution < -0.4 is 9.47 Å². The van der Waals surface area contributed by atoms with Crippen LogP contribution in [0, 0.1) is 19.8 Å². The minimum atomic E-state index is -0.680. The SMILES string of the molecule is Cc1cc(C(=O)COC(=O)c2cc(C(=O)C(C)C)c[nH]2)c(C)n1Cc1ccc2c(c1)OCO2. The Kier molecular flexibility index (Phi) is 6.09. The molecule has 33 heavy (non-hydrogen) atoms. The molecule has 0 radical (unpaired) electrons. The Balaban J connectivity index is 1.42. The van der Waals surface area contributed by atoms with Gasteiger partial charge in [-0.1, -0.05) is 19.9 Å². The summed E-state index contributed by atoms with van der Waals surface area (Å²) in [5.41, 5.74) is 3.78. The van der Waals surface area contributed by atoms with Crippen molar-refractivity contribution in [1.29, 1.82) is 0 Å². The molecule has 8 nitrogen and oxygen atoms in total. The van der Waals surface area contributed by atoms with Crippen LogP contribution in [0.4, 0.5) is 0 Å². The number of benzene rings is 1. The number of hydrogen-bond donors (Lipinski definition) is 1. The van der Waals surface area contributed by atoms with Crippen molar-refractivity contribution in [3.8, 4) is 11.5 Å². The number of ether oxygens (including phenoxy) is 3.